The minimum atomic E-state index is -0.562. The van der Waals surface area contributed by atoms with Crippen molar-refractivity contribution in [2.75, 3.05) is 0 Å². The van der Waals surface area contributed by atoms with Gasteiger partial charge >= 0.3 is 5.69 Å². The van der Waals surface area contributed by atoms with Crippen LogP contribution in [0.4, 0.5) is 5.69 Å². The van der Waals surface area contributed by atoms with E-state index in [4.69, 9.17) is 4.74 Å². The number of nitrogens with zero attached hydrogens (tertiary/aromatic N) is 1. The van der Waals surface area contributed by atoms with Gasteiger partial charge in [-0.3, -0.25) is 14.9 Å². The molecule has 20 heavy (non-hydrogen) atoms. The van der Waals surface area contributed by atoms with Crippen LogP contribution in [0.25, 0.3) is 0 Å². The maximum Gasteiger partial charge on any atom is 0.312 e. The normalized spacial score (nSPS) is 10.1. The number of carbonyl (C=O) groups excluding carboxylic acids is 1. The average Bonchev–Trinajstić information content (AvgIpc) is 2.44. The number of nitro benzene ring substituents is 1. The number of aldehydes is 1. The van der Waals surface area contributed by atoms with E-state index >= 15 is 0 Å². The first kappa shape index (κ1) is 13.7. The average molecular weight is 271 g/mol. The minimum absolute atomic E-state index is 0.120. The number of nitro groups is 1. The topological polar surface area (TPSA) is 69.4 Å². The quantitative estimate of drug-likeness (QED) is 0.481. The number of carbonyl (C=O) groups is 1. The molecule has 0 unspecified atom stereocenters. The lowest BCUT2D eigenvalue weighted by Crippen LogP contribution is -1.96. The Kier molecular flexibility index (Phi) is 3.79. The predicted molar refractivity (Wildman–Crippen MR) is 74.5 cm³/mol. The highest BCUT2D eigenvalue weighted by atomic mass is 16.6. The second-order valence-electron chi connectivity index (χ2n) is 4.40. The van der Waals surface area contributed by atoms with E-state index in [0.717, 1.165) is 11.1 Å². The third kappa shape index (κ3) is 2.66. The van der Waals surface area contributed by atoms with E-state index in [-0.39, 0.29) is 17.0 Å². The van der Waals surface area contributed by atoms with Gasteiger partial charge in [-0.2, -0.15) is 0 Å². The number of rotatable bonds is 4. The Labute approximate surface area is 116 Å². The fourth-order valence-corrected chi connectivity index (χ4v) is 1.79. The molecule has 102 valence electrons. The zero-order valence-electron chi connectivity index (χ0n) is 11.1. The van der Waals surface area contributed by atoms with E-state index in [1.54, 1.807) is 6.07 Å². The van der Waals surface area contributed by atoms with Gasteiger partial charge in [-0.05, 0) is 43.2 Å². The Morgan fingerprint density at radius 2 is 1.90 bits per heavy atom. The fourth-order valence-electron chi connectivity index (χ4n) is 1.79. The lowest BCUT2D eigenvalue weighted by atomic mass is 10.1. The van der Waals surface area contributed by atoms with Gasteiger partial charge in [0, 0.05) is 11.6 Å². The van der Waals surface area contributed by atoms with Crippen molar-refractivity contribution >= 4 is 12.0 Å². The predicted octanol–water partition coefficient (Wildman–Crippen LogP) is 3.82. The molecular weight excluding hydrogens is 258 g/mol. The van der Waals surface area contributed by atoms with E-state index in [1.807, 2.05) is 26.0 Å². The van der Waals surface area contributed by atoms with Crippen molar-refractivity contribution in [1.29, 1.82) is 0 Å². The van der Waals surface area contributed by atoms with E-state index in [9.17, 15) is 14.9 Å². The van der Waals surface area contributed by atoms with Crippen molar-refractivity contribution in [2.45, 2.75) is 13.8 Å². The maximum absolute atomic E-state index is 11.0. The smallest absolute Gasteiger partial charge is 0.312 e. The van der Waals surface area contributed by atoms with Crippen molar-refractivity contribution in [1.82, 2.24) is 0 Å². The first-order valence-electron chi connectivity index (χ1n) is 6.00. The van der Waals surface area contributed by atoms with E-state index in [2.05, 4.69) is 0 Å². The van der Waals surface area contributed by atoms with Crippen molar-refractivity contribution in [3.05, 3.63) is 63.2 Å². The van der Waals surface area contributed by atoms with Crippen LogP contribution >= 0.6 is 0 Å². The number of benzene rings is 2. The molecule has 0 saturated heterocycles. The van der Waals surface area contributed by atoms with Crippen LogP contribution in [0.5, 0.6) is 11.5 Å². The van der Waals surface area contributed by atoms with E-state index < -0.39 is 4.92 Å². The van der Waals surface area contributed by atoms with Gasteiger partial charge in [-0.1, -0.05) is 12.1 Å². The third-order valence-electron chi connectivity index (χ3n) is 3.09. The lowest BCUT2D eigenvalue weighted by Gasteiger charge is -2.10. The van der Waals surface area contributed by atoms with Crippen LogP contribution < -0.4 is 4.74 Å². The summed E-state index contributed by atoms with van der Waals surface area (Å²) in [5, 5.41) is 11.0. The molecule has 0 spiro atoms. The Morgan fingerprint density at radius 3 is 2.55 bits per heavy atom. The molecule has 0 saturated carbocycles. The summed E-state index contributed by atoms with van der Waals surface area (Å²) in [5.41, 5.74) is 1.97. The van der Waals surface area contributed by atoms with Crippen LogP contribution in [0, 0.1) is 24.0 Å². The number of hydrogen-bond acceptors (Lipinski definition) is 4. The Morgan fingerprint density at radius 1 is 1.15 bits per heavy atom. The van der Waals surface area contributed by atoms with Crippen molar-refractivity contribution in [2.24, 2.45) is 0 Å². The van der Waals surface area contributed by atoms with Crippen LogP contribution in [-0.4, -0.2) is 11.2 Å². The first-order valence-corrected chi connectivity index (χ1v) is 6.00. The second kappa shape index (κ2) is 5.52. The maximum atomic E-state index is 11.0. The number of aryl methyl sites for hydroxylation is 1. The summed E-state index contributed by atoms with van der Waals surface area (Å²) < 4.78 is 5.62. The highest BCUT2D eigenvalue weighted by Gasteiger charge is 2.17. The molecule has 0 aromatic heterocycles. The largest absolute Gasteiger partial charge is 0.450 e. The van der Waals surface area contributed by atoms with Gasteiger partial charge in [0.25, 0.3) is 0 Å². The molecule has 2 rings (SSSR count). The summed E-state index contributed by atoms with van der Waals surface area (Å²) >= 11 is 0. The van der Waals surface area contributed by atoms with E-state index in [0.29, 0.717) is 12.0 Å². The van der Waals surface area contributed by atoms with Crippen LogP contribution in [0.1, 0.15) is 21.5 Å². The molecule has 2 aromatic carbocycles. The van der Waals surface area contributed by atoms with Gasteiger partial charge in [0.1, 0.15) is 12.0 Å². The Bertz CT molecular complexity index is 680. The molecule has 0 radical (unpaired) electrons. The molecule has 0 aliphatic rings. The summed E-state index contributed by atoms with van der Waals surface area (Å²) in [5.74, 6) is 0.682. The third-order valence-corrected chi connectivity index (χ3v) is 3.09. The summed E-state index contributed by atoms with van der Waals surface area (Å²) in [6, 6.07) is 9.63. The molecule has 0 N–H and O–H groups in total. The fraction of sp³-hybridized carbons (Fsp3) is 0.133. The van der Waals surface area contributed by atoms with Gasteiger partial charge in [0.05, 0.1) is 4.92 Å². The molecule has 0 heterocycles. The highest BCUT2D eigenvalue weighted by molar-refractivity contribution is 5.77. The molecule has 0 amide bonds. The van der Waals surface area contributed by atoms with Gasteiger partial charge < -0.3 is 4.74 Å². The molecule has 0 atom stereocenters. The molecule has 0 bridgehead atoms. The molecule has 0 fully saturated rings. The van der Waals surface area contributed by atoms with Gasteiger partial charge in [0.15, 0.2) is 0 Å². The summed E-state index contributed by atoms with van der Waals surface area (Å²) in [6.07, 6.45) is 0.564. The van der Waals surface area contributed by atoms with Gasteiger partial charge in [-0.25, -0.2) is 0 Å². The summed E-state index contributed by atoms with van der Waals surface area (Å²) in [6.45, 7) is 3.82. The van der Waals surface area contributed by atoms with Crippen LogP contribution in [0.2, 0.25) is 0 Å². The van der Waals surface area contributed by atoms with Crippen molar-refractivity contribution < 1.29 is 14.5 Å². The summed E-state index contributed by atoms with van der Waals surface area (Å²) in [4.78, 5) is 21.2. The Hall–Kier alpha value is -2.69. The standard InChI is InChI=1S/C15H13NO4/c1-10-4-3-5-14(11(10)2)20-15-7-6-12(9-17)8-13(15)16(18)19/h3-9H,1-2H3. The number of hydrogen-bond donors (Lipinski definition) is 0. The first-order chi connectivity index (χ1) is 9.52. The zero-order valence-corrected chi connectivity index (χ0v) is 11.1. The minimum Gasteiger partial charge on any atom is -0.450 e. The highest BCUT2D eigenvalue weighted by Crippen LogP contribution is 2.33. The SMILES string of the molecule is Cc1cccc(Oc2ccc(C=O)cc2[N+](=O)[O-])c1C. The second-order valence-corrected chi connectivity index (χ2v) is 4.40. The lowest BCUT2D eigenvalue weighted by molar-refractivity contribution is -0.385. The van der Waals surface area contributed by atoms with Crippen LogP contribution in [0.15, 0.2) is 36.4 Å². The zero-order chi connectivity index (χ0) is 14.7. The molecule has 2 aromatic rings. The van der Waals surface area contributed by atoms with Gasteiger partial charge in [-0.15, -0.1) is 0 Å². The van der Waals surface area contributed by atoms with Crippen molar-refractivity contribution in [3.63, 3.8) is 0 Å². The monoisotopic (exact) mass is 271 g/mol. The van der Waals surface area contributed by atoms with E-state index in [1.165, 1.54) is 18.2 Å². The summed E-state index contributed by atoms with van der Waals surface area (Å²) in [7, 11) is 0. The molecule has 0 aliphatic heterocycles. The molecular formula is C15H13NO4. The van der Waals surface area contributed by atoms with Crippen LogP contribution in [-0.2, 0) is 0 Å². The number of ether oxygens (including phenoxy) is 1. The van der Waals surface area contributed by atoms with Crippen molar-refractivity contribution in [3.8, 4) is 11.5 Å². The molecule has 5 heteroatoms. The van der Waals surface area contributed by atoms with Crippen LogP contribution in [0.3, 0.4) is 0 Å². The molecule has 0 aliphatic carbocycles. The Balaban J connectivity index is 2.45. The molecule has 5 nitrogen and oxygen atoms in total. The van der Waals surface area contributed by atoms with Gasteiger partial charge in [0.2, 0.25) is 5.75 Å².